The van der Waals surface area contributed by atoms with E-state index in [1.165, 1.54) is 34.4 Å². The monoisotopic (exact) mass is 346 g/mol. The molecule has 0 aliphatic rings. The number of carbonyl (C=O) groups excluding carboxylic acids is 1. The number of halogens is 2. The van der Waals surface area contributed by atoms with Crippen LogP contribution in [0, 0.1) is 12.7 Å². The predicted octanol–water partition coefficient (Wildman–Crippen LogP) is 5.22. The van der Waals surface area contributed by atoms with Crippen molar-refractivity contribution in [3.05, 3.63) is 76.0 Å². The van der Waals surface area contributed by atoms with Gasteiger partial charge in [0.25, 0.3) is 5.91 Å². The van der Waals surface area contributed by atoms with Crippen LogP contribution in [-0.4, -0.2) is 10.9 Å². The number of hydrogen-bond donors (Lipinski definition) is 0. The van der Waals surface area contributed by atoms with Crippen LogP contribution >= 0.6 is 22.9 Å². The lowest BCUT2D eigenvalue weighted by Gasteiger charge is -2.20. The van der Waals surface area contributed by atoms with Gasteiger partial charge in [-0.2, -0.15) is 0 Å². The Bertz CT molecular complexity index is 831. The van der Waals surface area contributed by atoms with Crippen molar-refractivity contribution < 1.29 is 9.18 Å². The first-order valence-electron chi connectivity index (χ1n) is 6.83. The number of anilines is 2. The second-order valence-corrected chi connectivity index (χ2v) is 6.09. The molecule has 0 N–H and O–H groups in total. The molecule has 1 amide bonds. The Hall–Kier alpha value is -2.24. The molecule has 23 heavy (non-hydrogen) atoms. The van der Waals surface area contributed by atoms with Crippen LogP contribution in [-0.2, 0) is 0 Å². The topological polar surface area (TPSA) is 33.2 Å². The molecule has 3 rings (SSSR count). The summed E-state index contributed by atoms with van der Waals surface area (Å²) in [7, 11) is 0. The molecule has 0 aliphatic carbocycles. The van der Waals surface area contributed by atoms with Crippen LogP contribution in [0.15, 0.2) is 53.9 Å². The van der Waals surface area contributed by atoms with E-state index in [2.05, 4.69) is 4.98 Å². The second kappa shape index (κ2) is 6.48. The molecular weight excluding hydrogens is 335 g/mol. The molecule has 0 aliphatic heterocycles. The summed E-state index contributed by atoms with van der Waals surface area (Å²) in [5.74, 6) is -1.20. The van der Waals surface area contributed by atoms with Gasteiger partial charge in [0, 0.05) is 5.38 Å². The Kier molecular flexibility index (Phi) is 4.41. The lowest BCUT2D eigenvalue weighted by molar-refractivity contribution is 0.0995. The maximum atomic E-state index is 14.1. The minimum Gasteiger partial charge on any atom is -0.268 e. The maximum Gasteiger partial charge on any atom is 0.269 e. The summed E-state index contributed by atoms with van der Waals surface area (Å²) in [5, 5.41) is 2.38. The molecule has 0 bridgehead atoms. The molecular formula is C17H12ClFN2OS. The summed E-state index contributed by atoms with van der Waals surface area (Å²) in [4.78, 5) is 18.7. The van der Waals surface area contributed by atoms with Crippen LogP contribution in [0.2, 0.25) is 5.02 Å². The molecule has 1 heterocycles. The van der Waals surface area contributed by atoms with E-state index in [0.717, 1.165) is 5.69 Å². The van der Waals surface area contributed by atoms with Gasteiger partial charge in [0.05, 0.1) is 22.0 Å². The molecule has 0 fully saturated rings. The van der Waals surface area contributed by atoms with Gasteiger partial charge in [0.15, 0.2) is 5.13 Å². The quantitative estimate of drug-likeness (QED) is 0.651. The molecule has 2 aromatic carbocycles. The zero-order valence-corrected chi connectivity index (χ0v) is 13.7. The van der Waals surface area contributed by atoms with E-state index in [0.29, 0.717) is 10.8 Å². The summed E-state index contributed by atoms with van der Waals surface area (Å²) in [6.07, 6.45) is 0. The van der Waals surface area contributed by atoms with Crippen LogP contribution in [0.4, 0.5) is 15.2 Å². The summed E-state index contributed by atoms with van der Waals surface area (Å²) >= 11 is 7.36. The van der Waals surface area contributed by atoms with Gasteiger partial charge >= 0.3 is 0 Å². The molecule has 0 radical (unpaired) electrons. The van der Waals surface area contributed by atoms with Crippen LogP contribution in [0.1, 0.15) is 16.1 Å². The lowest BCUT2D eigenvalue weighted by atomic mass is 10.1. The zero-order chi connectivity index (χ0) is 16.4. The molecule has 0 atom stereocenters. The van der Waals surface area contributed by atoms with Crippen molar-refractivity contribution in [2.75, 3.05) is 4.90 Å². The Balaban J connectivity index is 2.14. The second-order valence-electron chi connectivity index (χ2n) is 4.84. The number of para-hydroxylation sites is 1. The number of carbonyl (C=O) groups is 1. The van der Waals surface area contributed by atoms with Crippen molar-refractivity contribution in [3.63, 3.8) is 0 Å². The number of benzene rings is 2. The van der Waals surface area contributed by atoms with Gasteiger partial charge in [-0.25, -0.2) is 9.37 Å². The van der Waals surface area contributed by atoms with Gasteiger partial charge in [-0.3, -0.25) is 9.69 Å². The fraction of sp³-hybridized carbons (Fsp3) is 0.0588. The van der Waals surface area contributed by atoms with Crippen molar-refractivity contribution >= 4 is 39.7 Å². The van der Waals surface area contributed by atoms with Gasteiger partial charge in [0.2, 0.25) is 0 Å². The maximum absolute atomic E-state index is 14.1. The Morgan fingerprint density at radius 2 is 1.91 bits per heavy atom. The molecule has 6 heteroatoms. The highest BCUT2D eigenvalue weighted by Gasteiger charge is 2.26. The van der Waals surface area contributed by atoms with Gasteiger partial charge in [0.1, 0.15) is 5.82 Å². The number of thiazole rings is 1. The first-order chi connectivity index (χ1) is 11.1. The van der Waals surface area contributed by atoms with Crippen LogP contribution in [0.3, 0.4) is 0 Å². The number of aromatic nitrogens is 1. The van der Waals surface area contributed by atoms with Crippen molar-refractivity contribution in [1.29, 1.82) is 0 Å². The van der Waals surface area contributed by atoms with E-state index in [9.17, 15) is 9.18 Å². The highest BCUT2D eigenvalue weighted by Crippen LogP contribution is 2.32. The van der Waals surface area contributed by atoms with Crippen LogP contribution in [0.5, 0.6) is 0 Å². The van der Waals surface area contributed by atoms with Gasteiger partial charge in [-0.15, -0.1) is 11.3 Å². The Labute approximate surface area is 142 Å². The molecule has 0 saturated carbocycles. The highest BCUT2D eigenvalue weighted by molar-refractivity contribution is 7.14. The van der Waals surface area contributed by atoms with Gasteiger partial charge < -0.3 is 0 Å². The van der Waals surface area contributed by atoms with Crippen molar-refractivity contribution in [1.82, 2.24) is 4.98 Å². The van der Waals surface area contributed by atoms with Crippen molar-refractivity contribution in [2.45, 2.75) is 6.92 Å². The van der Waals surface area contributed by atoms with E-state index in [1.807, 2.05) is 18.4 Å². The average Bonchev–Trinajstić information content (AvgIpc) is 2.94. The van der Waals surface area contributed by atoms with Crippen LogP contribution in [0.25, 0.3) is 0 Å². The molecule has 3 nitrogen and oxygen atoms in total. The number of amides is 1. The summed E-state index contributed by atoms with van der Waals surface area (Å²) in [6, 6.07) is 13.2. The number of hydrogen-bond acceptors (Lipinski definition) is 3. The highest BCUT2D eigenvalue weighted by atomic mass is 35.5. The molecule has 0 spiro atoms. The number of nitrogens with zero attached hydrogens (tertiary/aromatic N) is 2. The first-order valence-corrected chi connectivity index (χ1v) is 8.09. The summed E-state index contributed by atoms with van der Waals surface area (Å²) < 4.78 is 14.1. The third-order valence-electron chi connectivity index (χ3n) is 3.19. The largest absolute Gasteiger partial charge is 0.269 e. The minimum absolute atomic E-state index is 0.0733. The molecule has 3 aromatic rings. The van der Waals surface area contributed by atoms with Crippen LogP contribution < -0.4 is 4.90 Å². The molecule has 0 saturated heterocycles. The number of rotatable bonds is 3. The van der Waals surface area contributed by atoms with Crippen molar-refractivity contribution in [2.24, 2.45) is 0 Å². The Morgan fingerprint density at radius 1 is 1.17 bits per heavy atom. The van der Waals surface area contributed by atoms with Gasteiger partial charge in [-0.1, -0.05) is 35.9 Å². The first kappa shape index (κ1) is 15.6. The van der Waals surface area contributed by atoms with E-state index < -0.39 is 11.7 Å². The zero-order valence-electron chi connectivity index (χ0n) is 12.2. The third kappa shape index (κ3) is 3.11. The standard InChI is InChI=1S/C17H12ClFN2OS/c1-11-10-23-17(20-11)21(12-6-3-2-4-7-12)16(22)15-13(18)8-5-9-14(15)19/h2-10H,1H3. The minimum atomic E-state index is -0.656. The molecule has 0 unspecified atom stereocenters. The van der Waals surface area contributed by atoms with E-state index in [1.54, 1.807) is 24.3 Å². The SMILES string of the molecule is Cc1csc(N(C(=O)c2c(F)cccc2Cl)c2ccccc2)n1. The smallest absolute Gasteiger partial charge is 0.268 e. The summed E-state index contributed by atoms with van der Waals surface area (Å²) in [5.41, 5.74) is 1.23. The van der Waals surface area contributed by atoms with Gasteiger partial charge in [-0.05, 0) is 31.2 Å². The van der Waals surface area contributed by atoms with E-state index in [4.69, 9.17) is 11.6 Å². The number of aryl methyl sites for hydroxylation is 1. The fourth-order valence-corrected chi connectivity index (χ4v) is 3.21. The predicted molar refractivity (Wildman–Crippen MR) is 91.2 cm³/mol. The summed E-state index contributed by atoms with van der Waals surface area (Å²) in [6.45, 7) is 1.84. The normalized spacial score (nSPS) is 10.6. The third-order valence-corrected chi connectivity index (χ3v) is 4.45. The van der Waals surface area contributed by atoms with E-state index in [-0.39, 0.29) is 10.6 Å². The fourth-order valence-electron chi connectivity index (χ4n) is 2.15. The Morgan fingerprint density at radius 3 is 2.52 bits per heavy atom. The molecule has 1 aromatic heterocycles. The average molecular weight is 347 g/mol. The lowest BCUT2D eigenvalue weighted by Crippen LogP contribution is -2.27. The van der Waals surface area contributed by atoms with Crippen molar-refractivity contribution in [3.8, 4) is 0 Å². The van der Waals surface area contributed by atoms with E-state index >= 15 is 0 Å². The molecule has 116 valence electrons.